The number of fused-ring (bicyclic) bond motifs is 2. The number of nitrogens with zero attached hydrogens (tertiary/aromatic N) is 5. The second-order valence-corrected chi connectivity index (χ2v) is 10.6. The molecule has 36 heavy (non-hydrogen) atoms. The molecule has 3 unspecified atom stereocenters. The summed E-state index contributed by atoms with van der Waals surface area (Å²) in [5.74, 6) is 1.00. The Kier molecular flexibility index (Phi) is 5.90. The molecule has 8 nitrogen and oxygen atoms in total. The summed E-state index contributed by atoms with van der Waals surface area (Å²) in [4.78, 5) is 42.0. The van der Waals surface area contributed by atoms with Crippen LogP contribution in [0.25, 0.3) is 0 Å². The largest absolute Gasteiger partial charge is 0.340 e. The molecule has 1 saturated carbocycles. The Morgan fingerprint density at radius 3 is 2.50 bits per heavy atom. The summed E-state index contributed by atoms with van der Waals surface area (Å²) in [7, 11) is 0.436. The fourth-order valence-electron chi connectivity index (χ4n) is 5.28. The van der Waals surface area contributed by atoms with E-state index in [0.717, 1.165) is 29.7 Å². The third kappa shape index (κ3) is 3.52. The fraction of sp³-hybridized carbons (Fsp3) is 0.333. The quantitative estimate of drug-likeness (QED) is 0.536. The molecule has 0 radical (unpaired) electrons. The Morgan fingerprint density at radius 2 is 1.83 bits per heavy atom. The van der Waals surface area contributed by atoms with E-state index in [-0.39, 0.29) is 31.3 Å². The Balaban J connectivity index is 0.00000267. The minimum absolute atomic E-state index is 0. The molecule has 9 heteroatoms. The molecule has 2 amide bonds. The topological polar surface area (TPSA) is 86.7 Å². The molecule has 1 aliphatic carbocycles. The zero-order valence-corrected chi connectivity index (χ0v) is 20.5. The highest BCUT2D eigenvalue weighted by molar-refractivity contribution is 7.84. The van der Waals surface area contributed by atoms with Crippen molar-refractivity contribution in [2.45, 2.75) is 50.2 Å². The number of aromatic nitrogens is 2. The van der Waals surface area contributed by atoms with Crippen LogP contribution in [-0.4, -0.2) is 51.4 Å². The maximum absolute atomic E-state index is 13.9. The average Bonchev–Trinajstić information content (AvgIpc) is 3.66. The van der Waals surface area contributed by atoms with Gasteiger partial charge in [0.25, 0.3) is 5.91 Å². The Morgan fingerprint density at radius 1 is 1.06 bits per heavy atom. The molecule has 0 saturated heterocycles. The molecular weight excluding hydrogens is 474 g/mol. The molecule has 3 aliphatic rings. The number of carbonyl (C=O) groups is 2. The SMILES string of the molecule is C.CC1C(=O)N(C)c2ccc(N3C(=O)c4c(cccc4S(C)=O)C3c3cccnc3)nc2N1C1CC1. The standard InChI is InChI=1S/C26H25N5O3S.CH4/c1-15-25(32)29(2)19-11-12-21(28-24(19)30(15)17-9-10-17)31-23(16-6-5-13-27-14-16)18-7-4-8-20(35(3)34)22(18)26(31)33;/h4-8,11-15,17,23H,9-10H2,1-3H3;1H4. The van der Waals surface area contributed by atoms with Crippen LogP contribution in [0.5, 0.6) is 0 Å². The highest BCUT2D eigenvalue weighted by Crippen LogP contribution is 2.46. The third-order valence-corrected chi connectivity index (χ3v) is 8.05. The van der Waals surface area contributed by atoms with Crippen molar-refractivity contribution in [1.29, 1.82) is 0 Å². The Labute approximate surface area is 213 Å². The number of rotatable bonds is 4. The number of carbonyl (C=O) groups excluding carboxylic acids is 2. The van der Waals surface area contributed by atoms with Gasteiger partial charge in [-0.25, -0.2) is 4.98 Å². The lowest BCUT2D eigenvalue weighted by Gasteiger charge is -2.40. The van der Waals surface area contributed by atoms with E-state index in [1.807, 2.05) is 37.3 Å². The van der Waals surface area contributed by atoms with E-state index in [0.29, 0.717) is 22.1 Å². The van der Waals surface area contributed by atoms with Crippen molar-refractivity contribution in [1.82, 2.24) is 9.97 Å². The smallest absolute Gasteiger partial charge is 0.261 e. The maximum atomic E-state index is 13.9. The number of amides is 2. The van der Waals surface area contributed by atoms with Crippen LogP contribution in [0.2, 0.25) is 0 Å². The van der Waals surface area contributed by atoms with Crippen LogP contribution < -0.4 is 14.7 Å². The minimum atomic E-state index is -1.33. The average molecular weight is 504 g/mol. The van der Waals surface area contributed by atoms with Gasteiger partial charge in [0.1, 0.15) is 11.9 Å². The molecule has 0 N–H and O–H groups in total. The first-order chi connectivity index (χ1) is 16.9. The summed E-state index contributed by atoms with van der Waals surface area (Å²) in [6.07, 6.45) is 7.07. The molecule has 186 valence electrons. The number of benzene rings is 1. The normalized spacial score (nSPS) is 21.7. The van der Waals surface area contributed by atoms with Crippen molar-refractivity contribution < 1.29 is 13.8 Å². The zero-order valence-electron chi connectivity index (χ0n) is 19.7. The van der Waals surface area contributed by atoms with Crippen molar-refractivity contribution in [3.05, 3.63) is 71.5 Å². The van der Waals surface area contributed by atoms with E-state index >= 15 is 0 Å². The van der Waals surface area contributed by atoms with Crippen molar-refractivity contribution in [3.8, 4) is 0 Å². The summed E-state index contributed by atoms with van der Waals surface area (Å²) in [6, 6.07) is 12.4. The predicted molar refractivity (Wildman–Crippen MR) is 141 cm³/mol. The molecule has 0 bridgehead atoms. The van der Waals surface area contributed by atoms with Crippen LogP contribution in [-0.2, 0) is 15.6 Å². The molecule has 1 aromatic carbocycles. The van der Waals surface area contributed by atoms with Crippen LogP contribution in [0.4, 0.5) is 17.3 Å². The van der Waals surface area contributed by atoms with Gasteiger partial charge >= 0.3 is 0 Å². The molecule has 6 rings (SSSR count). The van der Waals surface area contributed by atoms with Gasteiger partial charge in [0.2, 0.25) is 5.91 Å². The van der Waals surface area contributed by atoms with Gasteiger partial charge in [-0.2, -0.15) is 0 Å². The molecular formula is C27H29N5O3S. The summed E-state index contributed by atoms with van der Waals surface area (Å²) in [5.41, 5.74) is 2.83. The van der Waals surface area contributed by atoms with E-state index in [1.54, 1.807) is 47.6 Å². The number of anilines is 3. The highest BCUT2D eigenvalue weighted by atomic mass is 32.2. The number of pyridine rings is 2. The van der Waals surface area contributed by atoms with E-state index < -0.39 is 16.8 Å². The van der Waals surface area contributed by atoms with Gasteiger partial charge in [0.15, 0.2) is 5.82 Å². The lowest BCUT2D eigenvalue weighted by Crippen LogP contribution is -2.52. The van der Waals surface area contributed by atoms with Gasteiger partial charge in [0, 0.05) is 31.7 Å². The first-order valence-corrected chi connectivity index (χ1v) is 13.2. The maximum Gasteiger partial charge on any atom is 0.261 e. The van der Waals surface area contributed by atoms with Gasteiger partial charge in [-0.05, 0) is 55.2 Å². The molecule has 3 atom stereocenters. The monoisotopic (exact) mass is 503 g/mol. The molecule has 2 aliphatic heterocycles. The summed E-state index contributed by atoms with van der Waals surface area (Å²) in [6.45, 7) is 1.91. The fourth-order valence-corrected chi connectivity index (χ4v) is 6.05. The number of hydrogen-bond acceptors (Lipinski definition) is 6. The van der Waals surface area contributed by atoms with Crippen LogP contribution in [0.15, 0.2) is 59.8 Å². The Hall–Kier alpha value is -3.59. The third-order valence-electron chi connectivity index (χ3n) is 7.09. The van der Waals surface area contributed by atoms with Gasteiger partial charge in [-0.15, -0.1) is 0 Å². The van der Waals surface area contributed by atoms with Crippen LogP contribution in [0.3, 0.4) is 0 Å². The van der Waals surface area contributed by atoms with Crippen LogP contribution in [0.1, 0.15) is 54.7 Å². The van der Waals surface area contributed by atoms with E-state index in [4.69, 9.17) is 4.98 Å². The van der Waals surface area contributed by atoms with Gasteiger partial charge < -0.3 is 9.80 Å². The lowest BCUT2D eigenvalue weighted by atomic mass is 9.99. The van der Waals surface area contributed by atoms with Gasteiger partial charge in [-0.3, -0.25) is 23.7 Å². The second kappa shape index (κ2) is 8.81. The second-order valence-electron chi connectivity index (χ2n) is 9.26. The van der Waals surface area contributed by atoms with Crippen molar-refractivity contribution in [2.75, 3.05) is 28.0 Å². The molecule has 0 spiro atoms. The molecule has 2 aromatic heterocycles. The minimum Gasteiger partial charge on any atom is -0.340 e. The Bertz CT molecular complexity index is 1390. The van der Waals surface area contributed by atoms with Gasteiger partial charge in [-0.1, -0.05) is 25.6 Å². The predicted octanol–water partition coefficient (Wildman–Crippen LogP) is 3.93. The summed E-state index contributed by atoms with van der Waals surface area (Å²) < 4.78 is 12.5. The first kappa shape index (κ1) is 24.1. The van der Waals surface area contributed by atoms with E-state index in [2.05, 4.69) is 9.88 Å². The molecule has 4 heterocycles. The summed E-state index contributed by atoms with van der Waals surface area (Å²) in [5, 5.41) is 0. The van der Waals surface area contributed by atoms with Gasteiger partial charge in [0.05, 0.1) is 33.0 Å². The molecule has 1 fully saturated rings. The first-order valence-electron chi connectivity index (χ1n) is 11.6. The van der Waals surface area contributed by atoms with Crippen LogP contribution >= 0.6 is 0 Å². The number of likely N-dealkylation sites (N-methyl/N-ethyl adjacent to an activating group) is 1. The van der Waals surface area contributed by atoms with E-state index in [1.165, 1.54) is 0 Å². The van der Waals surface area contributed by atoms with Crippen LogP contribution in [0, 0.1) is 0 Å². The van der Waals surface area contributed by atoms with Crippen molar-refractivity contribution in [2.24, 2.45) is 0 Å². The van der Waals surface area contributed by atoms with Crippen molar-refractivity contribution >= 4 is 39.9 Å². The lowest BCUT2D eigenvalue weighted by molar-refractivity contribution is -0.119. The van der Waals surface area contributed by atoms with E-state index in [9.17, 15) is 13.8 Å². The summed E-state index contributed by atoms with van der Waals surface area (Å²) >= 11 is 0. The number of hydrogen-bond donors (Lipinski definition) is 0. The molecule has 3 aromatic rings. The highest BCUT2D eigenvalue weighted by Gasteiger charge is 2.45. The van der Waals surface area contributed by atoms with Crippen molar-refractivity contribution in [3.63, 3.8) is 0 Å². The zero-order chi connectivity index (χ0) is 24.4.